The molecule has 1 fully saturated rings. The summed E-state index contributed by atoms with van der Waals surface area (Å²) in [7, 11) is 0. The van der Waals surface area contributed by atoms with Crippen LogP contribution >= 0.6 is 0 Å². The minimum absolute atomic E-state index is 0.265. The van der Waals surface area contributed by atoms with E-state index in [1.807, 2.05) is 12.1 Å². The van der Waals surface area contributed by atoms with Crippen LogP contribution in [0.25, 0.3) is 10.8 Å². The van der Waals surface area contributed by atoms with Crippen LogP contribution in [0, 0.1) is 12.8 Å². The fourth-order valence-electron chi connectivity index (χ4n) is 3.43. The van der Waals surface area contributed by atoms with Crippen molar-refractivity contribution in [2.24, 2.45) is 5.92 Å². The summed E-state index contributed by atoms with van der Waals surface area (Å²) in [6, 6.07) is 12.5. The number of rotatable bonds is 4. The number of benzene rings is 2. The van der Waals surface area contributed by atoms with Crippen LogP contribution < -0.4 is 0 Å². The van der Waals surface area contributed by atoms with Crippen LogP contribution in [0.5, 0.6) is 0 Å². The molecule has 0 saturated carbocycles. The minimum atomic E-state index is 0.265. The van der Waals surface area contributed by atoms with E-state index in [4.69, 9.17) is 0 Å². The Bertz CT molecular complexity index is 676. The first-order valence-electron chi connectivity index (χ1n) is 8.38. The third-order valence-corrected chi connectivity index (χ3v) is 4.71. The quantitative estimate of drug-likeness (QED) is 0.777. The zero-order valence-electron chi connectivity index (χ0n) is 13.6. The Balaban J connectivity index is 1.65. The molecule has 0 amide bonds. The number of Topliss-reactive ketones (excluding diaryl/α,β-unsaturated/α-hetero) is 1. The van der Waals surface area contributed by atoms with Crippen molar-refractivity contribution < 1.29 is 4.79 Å². The molecule has 1 unspecified atom stereocenters. The first-order chi connectivity index (χ1) is 10.6. The van der Waals surface area contributed by atoms with Crippen LogP contribution in [0.1, 0.15) is 42.1 Å². The summed E-state index contributed by atoms with van der Waals surface area (Å²) in [5.74, 6) is 1.04. The molecule has 0 aromatic heterocycles. The van der Waals surface area contributed by atoms with Crippen molar-refractivity contribution in [3.63, 3.8) is 0 Å². The van der Waals surface area contributed by atoms with Crippen molar-refractivity contribution >= 4 is 16.6 Å². The Hall–Kier alpha value is -1.67. The van der Waals surface area contributed by atoms with Gasteiger partial charge >= 0.3 is 0 Å². The summed E-state index contributed by atoms with van der Waals surface area (Å²) in [6.07, 6.45) is 3.23. The van der Waals surface area contributed by atoms with E-state index in [0.29, 0.717) is 6.42 Å². The van der Waals surface area contributed by atoms with Crippen molar-refractivity contribution in [3.05, 3.63) is 47.5 Å². The normalized spacial score (nSPS) is 19.5. The first-order valence-corrected chi connectivity index (χ1v) is 8.38. The van der Waals surface area contributed by atoms with E-state index in [1.165, 1.54) is 23.8 Å². The van der Waals surface area contributed by atoms with E-state index >= 15 is 0 Å². The molecule has 3 rings (SSSR count). The minimum Gasteiger partial charge on any atom is -0.303 e. The van der Waals surface area contributed by atoms with Gasteiger partial charge in [0.2, 0.25) is 0 Å². The van der Waals surface area contributed by atoms with E-state index in [1.54, 1.807) is 0 Å². The van der Waals surface area contributed by atoms with E-state index in [2.05, 4.69) is 43.0 Å². The zero-order valence-corrected chi connectivity index (χ0v) is 13.6. The maximum Gasteiger partial charge on any atom is 0.164 e. The smallest absolute Gasteiger partial charge is 0.164 e. The lowest BCUT2D eigenvalue weighted by molar-refractivity contribution is 0.0949. The van der Waals surface area contributed by atoms with Crippen LogP contribution in [0.3, 0.4) is 0 Å². The molecule has 1 heterocycles. The van der Waals surface area contributed by atoms with E-state index in [0.717, 1.165) is 36.5 Å². The lowest BCUT2D eigenvalue weighted by Crippen LogP contribution is -2.35. The molecule has 1 saturated heterocycles. The van der Waals surface area contributed by atoms with Crippen molar-refractivity contribution in [3.8, 4) is 0 Å². The number of hydrogen-bond donors (Lipinski definition) is 0. The number of piperidine rings is 1. The van der Waals surface area contributed by atoms with Gasteiger partial charge in [-0.15, -0.1) is 0 Å². The second-order valence-corrected chi connectivity index (χ2v) is 6.79. The summed E-state index contributed by atoms with van der Waals surface area (Å²) in [6.45, 7) is 7.59. The molecule has 2 aromatic rings. The highest BCUT2D eigenvalue weighted by Gasteiger charge is 2.17. The van der Waals surface area contributed by atoms with Gasteiger partial charge in [-0.05, 0) is 49.1 Å². The molecule has 2 heteroatoms. The number of likely N-dealkylation sites (tertiary alicyclic amines) is 1. The Morgan fingerprint density at radius 1 is 1.18 bits per heavy atom. The SMILES string of the molecule is Cc1ccc2cc(C(=O)CCN3CCCC(C)C3)ccc2c1. The highest BCUT2D eigenvalue weighted by molar-refractivity contribution is 6.00. The Morgan fingerprint density at radius 3 is 2.77 bits per heavy atom. The fourth-order valence-corrected chi connectivity index (χ4v) is 3.43. The van der Waals surface area contributed by atoms with Crippen LogP contribution in [0.2, 0.25) is 0 Å². The van der Waals surface area contributed by atoms with Gasteiger partial charge in [0.15, 0.2) is 5.78 Å². The number of ketones is 1. The highest BCUT2D eigenvalue weighted by Crippen LogP contribution is 2.20. The molecule has 0 N–H and O–H groups in total. The third-order valence-electron chi connectivity index (χ3n) is 4.71. The molecule has 2 nitrogen and oxygen atoms in total. The van der Waals surface area contributed by atoms with Crippen LogP contribution in [0.4, 0.5) is 0 Å². The van der Waals surface area contributed by atoms with Crippen LogP contribution in [-0.2, 0) is 0 Å². The molecule has 0 spiro atoms. The van der Waals surface area contributed by atoms with Crippen molar-refractivity contribution in [1.82, 2.24) is 4.90 Å². The number of hydrogen-bond acceptors (Lipinski definition) is 2. The van der Waals surface area contributed by atoms with Crippen molar-refractivity contribution in [2.45, 2.75) is 33.1 Å². The fraction of sp³-hybridized carbons (Fsp3) is 0.450. The summed E-state index contributed by atoms with van der Waals surface area (Å²) < 4.78 is 0. The molecule has 0 radical (unpaired) electrons. The van der Waals surface area contributed by atoms with Gasteiger partial charge in [0, 0.05) is 25.1 Å². The average Bonchev–Trinajstić information content (AvgIpc) is 2.52. The largest absolute Gasteiger partial charge is 0.303 e. The predicted molar refractivity (Wildman–Crippen MR) is 92.5 cm³/mol. The molecular weight excluding hydrogens is 270 g/mol. The van der Waals surface area contributed by atoms with Gasteiger partial charge in [-0.25, -0.2) is 0 Å². The molecule has 116 valence electrons. The lowest BCUT2D eigenvalue weighted by atomic mass is 9.99. The number of carbonyl (C=O) groups is 1. The summed E-state index contributed by atoms with van der Waals surface area (Å²) >= 11 is 0. The van der Waals surface area contributed by atoms with Gasteiger partial charge in [-0.1, -0.05) is 42.8 Å². The maximum atomic E-state index is 12.5. The summed E-state index contributed by atoms with van der Waals surface area (Å²) in [4.78, 5) is 14.9. The zero-order chi connectivity index (χ0) is 15.5. The molecule has 1 atom stereocenters. The van der Waals surface area contributed by atoms with E-state index in [-0.39, 0.29) is 5.78 Å². The second kappa shape index (κ2) is 6.62. The van der Waals surface area contributed by atoms with Gasteiger partial charge < -0.3 is 4.90 Å². The number of aryl methyl sites for hydroxylation is 1. The Morgan fingerprint density at radius 2 is 1.95 bits per heavy atom. The van der Waals surface area contributed by atoms with Gasteiger partial charge in [0.05, 0.1) is 0 Å². The monoisotopic (exact) mass is 295 g/mol. The summed E-state index contributed by atoms with van der Waals surface area (Å²) in [5, 5.41) is 2.37. The lowest BCUT2D eigenvalue weighted by Gasteiger charge is -2.30. The topological polar surface area (TPSA) is 20.3 Å². The predicted octanol–water partition coefficient (Wildman–Crippen LogP) is 4.45. The third kappa shape index (κ3) is 3.56. The maximum absolute atomic E-state index is 12.5. The van der Waals surface area contributed by atoms with E-state index < -0.39 is 0 Å². The Kier molecular flexibility index (Phi) is 4.58. The highest BCUT2D eigenvalue weighted by atomic mass is 16.1. The second-order valence-electron chi connectivity index (χ2n) is 6.79. The van der Waals surface area contributed by atoms with Gasteiger partial charge in [0.1, 0.15) is 0 Å². The first kappa shape index (κ1) is 15.2. The Labute approximate surface area is 133 Å². The van der Waals surface area contributed by atoms with Crippen LogP contribution in [0.15, 0.2) is 36.4 Å². The average molecular weight is 295 g/mol. The molecule has 0 bridgehead atoms. The van der Waals surface area contributed by atoms with Gasteiger partial charge in [0.25, 0.3) is 0 Å². The molecular formula is C20H25NO. The molecule has 0 aliphatic carbocycles. The molecule has 1 aliphatic heterocycles. The molecule has 2 aromatic carbocycles. The number of carbonyl (C=O) groups excluding carboxylic acids is 1. The molecule has 1 aliphatic rings. The van der Waals surface area contributed by atoms with Crippen LogP contribution in [-0.4, -0.2) is 30.3 Å². The number of nitrogens with zero attached hydrogens (tertiary/aromatic N) is 1. The van der Waals surface area contributed by atoms with Gasteiger partial charge in [-0.3, -0.25) is 4.79 Å². The standard InChI is InChI=1S/C20H25NO/c1-15-5-6-18-13-19(8-7-17(18)12-15)20(22)9-11-21-10-3-4-16(2)14-21/h5-8,12-13,16H,3-4,9-11,14H2,1-2H3. The van der Waals surface area contributed by atoms with Crippen molar-refractivity contribution in [1.29, 1.82) is 0 Å². The molecule has 22 heavy (non-hydrogen) atoms. The number of fused-ring (bicyclic) bond motifs is 1. The van der Waals surface area contributed by atoms with E-state index in [9.17, 15) is 4.79 Å². The van der Waals surface area contributed by atoms with Crippen molar-refractivity contribution in [2.75, 3.05) is 19.6 Å². The summed E-state index contributed by atoms with van der Waals surface area (Å²) in [5.41, 5.74) is 2.10. The van der Waals surface area contributed by atoms with Gasteiger partial charge in [-0.2, -0.15) is 0 Å².